The summed E-state index contributed by atoms with van der Waals surface area (Å²) in [5.74, 6) is 1.90. The highest BCUT2D eigenvalue weighted by molar-refractivity contribution is 6.02. The number of nitrogens with zero attached hydrogens (tertiary/aromatic N) is 3. The Morgan fingerprint density at radius 3 is 2.32 bits per heavy atom. The minimum Gasteiger partial charge on any atom is -0.457 e. The second kappa shape index (κ2) is 8.49. The van der Waals surface area contributed by atoms with Gasteiger partial charge in [-0.25, -0.2) is 9.97 Å². The Kier molecular flexibility index (Phi) is 5.44. The molecule has 1 aliphatic heterocycles. The molecule has 1 aromatic heterocycles. The van der Waals surface area contributed by atoms with Gasteiger partial charge >= 0.3 is 0 Å². The van der Waals surface area contributed by atoms with Crippen molar-refractivity contribution in [3.8, 4) is 11.5 Å². The van der Waals surface area contributed by atoms with Gasteiger partial charge < -0.3 is 19.7 Å². The minimum absolute atomic E-state index is 0.265. The lowest BCUT2D eigenvalue weighted by Gasteiger charge is -2.27. The zero-order valence-electron chi connectivity index (χ0n) is 15.2. The zero-order chi connectivity index (χ0) is 19.2. The molecule has 2 aromatic carbocycles. The van der Waals surface area contributed by atoms with Crippen LogP contribution in [0.4, 0.5) is 11.5 Å². The van der Waals surface area contributed by atoms with E-state index < -0.39 is 0 Å². The van der Waals surface area contributed by atoms with E-state index in [-0.39, 0.29) is 11.6 Å². The van der Waals surface area contributed by atoms with E-state index in [0.717, 1.165) is 24.7 Å². The summed E-state index contributed by atoms with van der Waals surface area (Å²) in [4.78, 5) is 23.1. The average Bonchev–Trinajstić information content (AvgIpc) is 2.76. The predicted molar refractivity (Wildman–Crippen MR) is 106 cm³/mol. The first-order valence-corrected chi connectivity index (χ1v) is 9.07. The summed E-state index contributed by atoms with van der Waals surface area (Å²) in [6, 6.07) is 16.7. The average molecular weight is 376 g/mol. The molecule has 28 heavy (non-hydrogen) atoms. The van der Waals surface area contributed by atoms with Crippen molar-refractivity contribution in [2.24, 2.45) is 0 Å². The lowest BCUT2D eigenvalue weighted by atomic mass is 10.3. The molecular weight excluding hydrogens is 356 g/mol. The van der Waals surface area contributed by atoms with Gasteiger partial charge in [0, 0.05) is 18.8 Å². The molecule has 0 unspecified atom stereocenters. The Labute approximate surface area is 163 Å². The maximum absolute atomic E-state index is 12.4. The van der Waals surface area contributed by atoms with E-state index in [4.69, 9.17) is 9.47 Å². The molecule has 4 rings (SSSR count). The van der Waals surface area contributed by atoms with Crippen molar-refractivity contribution in [3.05, 3.63) is 72.7 Å². The molecule has 1 amide bonds. The smallest absolute Gasteiger partial charge is 0.275 e. The van der Waals surface area contributed by atoms with Gasteiger partial charge in [0.15, 0.2) is 0 Å². The largest absolute Gasteiger partial charge is 0.457 e. The van der Waals surface area contributed by atoms with Crippen molar-refractivity contribution >= 4 is 17.4 Å². The van der Waals surface area contributed by atoms with Crippen LogP contribution < -0.4 is 15.0 Å². The standard InChI is InChI=1S/C21H20N4O3/c26-21(19-14-23-20(15-22-19)25-10-12-27-13-11-25)24-16-6-8-18(9-7-16)28-17-4-2-1-3-5-17/h1-9,14-15H,10-13H2,(H,24,26). The summed E-state index contributed by atoms with van der Waals surface area (Å²) in [6.45, 7) is 2.90. The molecule has 0 saturated carbocycles. The third kappa shape index (κ3) is 4.44. The van der Waals surface area contributed by atoms with Crippen LogP contribution in [0.2, 0.25) is 0 Å². The Hall–Kier alpha value is -3.45. The second-order valence-electron chi connectivity index (χ2n) is 6.25. The summed E-state index contributed by atoms with van der Waals surface area (Å²) in [5, 5.41) is 2.82. The van der Waals surface area contributed by atoms with Gasteiger partial charge in [0.25, 0.3) is 5.91 Å². The number of benzene rings is 2. The van der Waals surface area contributed by atoms with Crippen LogP contribution >= 0.6 is 0 Å². The van der Waals surface area contributed by atoms with Crippen LogP contribution in [0.3, 0.4) is 0 Å². The van der Waals surface area contributed by atoms with Crippen molar-refractivity contribution in [1.82, 2.24) is 9.97 Å². The highest BCUT2D eigenvalue weighted by atomic mass is 16.5. The monoisotopic (exact) mass is 376 g/mol. The first kappa shape index (κ1) is 17.9. The molecule has 0 spiro atoms. The number of hydrogen-bond donors (Lipinski definition) is 1. The molecule has 7 heteroatoms. The molecule has 7 nitrogen and oxygen atoms in total. The summed E-state index contributed by atoms with van der Waals surface area (Å²) in [6.07, 6.45) is 3.12. The number of carbonyl (C=O) groups excluding carboxylic acids is 1. The van der Waals surface area contributed by atoms with Crippen LogP contribution in [-0.2, 0) is 4.74 Å². The first-order valence-electron chi connectivity index (χ1n) is 9.07. The summed E-state index contributed by atoms with van der Waals surface area (Å²) in [7, 11) is 0. The zero-order valence-corrected chi connectivity index (χ0v) is 15.2. The molecule has 1 fully saturated rings. The number of carbonyl (C=O) groups is 1. The summed E-state index contributed by atoms with van der Waals surface area (Å²) < 4.78 is 11.1. The fourth-order valence-electron chi connectivity index (χ4n) is 2.82. The predicted octanol–water partition coefficient (Wildman–Crippen LogP) is 3.36. The van der Waals surface area contributed by atoms with E-state index in [9.17, 15) is 4.79 Å². The number of nitrogens with one attached hydrogen (secondary N) is 1. The molecule has 0 bridgehead atoms. The van der Waals surface area contributed by atoms with E-state index in [1.54, 1.807) is 30.5 Å². The lowest BCUT2D eigenvalue weighted by molar-refractivity contribution is 0.102. The van der Waals surface area contributed by atoms with E-state index in [1.165, 1.54) is 6.20 Å². The highest BCUT2D eigenvalue weighted by Gasteiger charge is 2.14. The van der Waals surface area contributed by atoms with Crippen molar-refractivity contribution in [1.29, 1.82) is 0 Å². The number of rotatable bonds is 5. The van der Waals surface area contributed by atoms with Gasteiger partial charge in [-0.1, -0.05) is 18.2 Å². The van der Waals surface area contributed by atoms with Crippen molar-refractivity contribution in [3.63, 3.8) is 0 Å². The van der Waals surface area contributed by atoms with Crippen molar-refractivity contribution in [2.45, 2.75) is 0 Å². The van der Waals surface area contributed by atoms with Gasteiger partial charge in [-0.15, -0.1) is 0 Å². The van der Waals surface area contributed by atoms with Crippen LogP contribution in [-0.4, -0.2) is 42.2 Å². The molecule has 1 N–H and O–H groups in total. The summed E-state index contributed by atoms with van der Waals surface area (Å²) >= 11 is 0. The second-order valence-corrected chi connectivity index (χ2v) is 6.25. The van der Waals surface area contributed by atoms with Gasteiger partial charge in [-0.3, -0.25) is 4.79 Å². The van der Waals surface area contributed by atoms with Crippen LogP contribution in [0.1, 0.15) is 10.5 Å². The number of para-hydroxylation sites is 1. The van der Waals surface area contributed by atoms with Crippen LogP contribution in [0.5, 0.6) is 11.5 Å². The number of anilines is 2. The topological polar surface area (TPSA) is 76.6 Å². The molecule has 0 aliphatic carbocycles. The number of aromatic nitrogens is 2. The molecule has 3 aromatic rings. The normalized spacial score (nSPS) is 13.8. The van der Waals surface area contributed by atoms with Gasteiger partial charge in [0.05, 0.1) is 25.6 Å². The van der Waals surface area contributed by atoms with E-state index in [0.29, 0.717) is 24.7 Å². The third-order valence-corrected chi connectivity index (χ3v) is 4.30. The number of ether oxygens (including phenoxy) is 2. The Balaban J connectivity index is 1.36. The lowest BCUT2D eigenvalue weighted by Crippen LogP contribution is -2.36. The Morgan fingerprint density at radius 1 is 0.929 bits per heavy atom. The fourth-order valence-corrected chi connectivity index (χ4v) is 2.82. The SMILES string of the molecule is O=C(Nc1ccc(Oc2ccccc2)cc1)c1cnc(N2CCOCC2)cn1. The van der Waals surface area contributed by atoms with Gasteiger partial charge in [-0.05, 0) is 36.4 Å². The molecule has 142 valence electrons. The van der Waals surface area contributed by atoms with E-state index >= 15 is 0 Å². The highest BCUT2D eigenvalue weighted by Crippen LogP contribution is 2.22. The number of amides is 1. The van der Waals surface area contributed by atoms with Gasteiger partial charge in [-0.2, -0.15) is 0 Å². The maximum Gasteiger partial charge on any atom is 0.275 e. The third-order valence-electron chi connectivity index (χ3n) is 4.30. The Morgan fingerprint density at radius 2 is 1.64 bits per heavy atom. The van der Waals surface area contributed by atoms with Crippen LogP contribution in [0, 0.1) is 0 Å². The van der Waals surface area contributed by atoms with Crippen molar-refractivity contribution in [2.75, 3.05) is 36.5 Å². The maximum atomic E-state index is 12.4. The van der Waals surface area contributed by atoms with Crippen molar-refractivity contribution < 1.29 is 14.3 Å². The molecule has 0 radical (unpaired) electrons. The first-order chi connectivity index (χ1) is 13.8. The quantitative estimate of drug-likeness (QED) is 0.736. The minimum atomic E-state index is -0.308. The number of hydrogen-bond acceptors (Lipinski definition) is 6. The molecule has 1 aliphatic rings. The summed E-state index contributed by atoms with van der Waals surface area (Å²) in [5.41, 5.74) is 0.922. The molecule has 1 saturated heterocycles. The van der Waals surface area contributed by atoms with Crippen LogP contribution in [0.15, 0.2) is 67.0 Å². The fraction of sp³-hybridized carbons (Fsp3) is 0.190. The van der Waals surface area contributed by atoms with Gasteiger partial charge in [0.2, 0.25) is 0 Å². The van der Waals surface area contributed by atoms with Crippen LogP contribution in [0.25, 0.3) is 0 Å². The van der Waals surface area contributed by atoms with Gasteiger partial charge in [0.1, 0.15) is 23.0 Å². The molecule has 2 heterocycles. The molecular formula is C21H20N4O3. The molecule has 0 atom stereocenters. The van der Waals surface area contributed by atoms with E-state index in [1.807, 2.05) is 30.3 Å². The Bertz CT molecular complexity index is 909. The number of morpholine rings is 1. The van der Waals surface area contributed by atoms with E-state index in [2.05, 4.69) is 20.2 Å².